The maximum Gasteiger partial charge on any atom is 0.0731 e. The van der Waals surface area contributed by atoms with Crippen LogP contribution in [-0.2, 0) is 5.41 Å². The molecule has 2 heteroatoms. The summed E-state index contributed by atoms with van der Waals surface area (Å²) in [6.45, 7) is 26.9. The predicted molar refractivity (Wildman–Crippen MR) is 304 cm³/mol. The van der Waals surface area contributed by atoms with Crippen molar-refractivity contribution >= 4 is 55.7 Å². The van der Waals surface area contributed by atoms with Crippen molar-refractivity contribution in [3.05, 3.63) is 247 Å². The lowest BCUT2D eigenvalue weighted by Gasteiger charge is -2.32. The van der Waals surface area contributed by atoms with Gasteiger partial charge in [-0.25, -0.2) is 0 Å². The maximum absolute atomic E-state index is 2.55. The second kappa shape index (κ2) is 16.2. The fourth-order valence-electron chi connectivity index (χ4n) is 12.4. The largest absolute Gasteiger partial charge is 0.310 e. The van der Waals surface area contributed by atoms with Crippen molar-refractivity contribution in [2.24, 2.45) is 0 Å². The third kappa shape index (κ3) is 6.60. The van der Waals surface area contributed by atoms with Crippen LogP contribution in [0, 0.1) is 83.1 Å². The first-order valence-corrected chi connectivity index (χ1v) is 25.4. The number of aryl methyl sites for hydroxylation is 8. The summed E-state index contributed by atoms with van der Waals surface area (Å²) >= 11 is 0. The zero-order chi connectivity index (χ0) is 49.4. The van der Waals surface area contributed by atoms with Gasteiger partial charge in [0.1, 0.15) is 0 Å². The van der Waals surface area contributed by atoms with Crippen LogP contribution >= 0.6 is 0 Å². The van der Waals surface area contributed by atoms with Gasteiger partial charge < -0.3 is 9.80 Å². The Morgan fingerprint density at radius 1 is 0.268 bits per heavy atom. The summed E-state index contributed by atoms with van der Waals surface area (Å²) < 4.78 is 0. The smallest absolute Gasteiger partial charge is 0.0731 e. The predicted octanol–water partition coefficient (Wildman–Crippen LogP) is 19.0. The number of benzene rings is 10. The molecule has 12 rings (SSSR count). The Morgan fingerprint density at radius 2 is 0.648 bits per heavy atom. The Morgan fingerprint density at radius 3 is 1.08 bits per heavy atom. The third-order valence-corrected chi connectivity index (χ3v) is 17.2. The maximum atomic E-state index is 2.55. The monoisotopic (exact) mass is 918 g/mol. The molecular formula is C69H62N2. The van der Waals surface area contributed by atoms with E-state index in [1.54, 1.807) is 0 Å². The Kier molecular flexibility index (Phi) is 10.2. The van der Waals surface area contributed by atoms with Crippen LogP contribution in [-0.4, -0.2) is 0 Å². The molecule has 71 heavy (non-hydrogen) atoms. The van der Waals surface area contributed by atoms with Crippen LogP contribution in [0.1, 0.15) is 89.0 Å². The Bertz CT molecular complexity index is 3670. The Labute approximate surface area is 420 Å². The molecular weight excluding hydrogens is 857 g/mol. The first-order valence-electron chi connectivity index (χ1n) is 25.4. The number of fused-ring (bicyclic) bond motifs is 13. The second-order valence-electron chi connectivity index (χ2n) is 21.2. The summed E-state index contributed by atoms with van der Waals surface area (Å²) in [5, 5.41) is 4.99. The highest BCUT2D eigenvalue weighted by molar-refractivity contribution is 6.07. The molecule has 10 aromatic rings. The van der Waals surface area contributed by atoms with E-state index in [2.05, 4.69) is 251 Å². The fourth-order valence-corrected chi connectivity index (χ4v) is 12.4. The molecule has 348 valence electrons. The van der Waals surface area contributed by atoms with E-state index in [4.69, 9.17) is 0 Å². The standard InChI is InChI=1S/C69H62N2/c1-39-27-56(28-40(2)47(39)9)70(57-29-41(3)48(10)42(4)30-57)54-23-21-51-37-64-63-25-22-52-35-55(71(58-31-43(5)49(11)44(6)32-58)59-33-45(7)50(12)46(8)34-59)24-26-60(52)68(63)69(67(64)38-53(51)36-54)65-19-15-13-17-61(65)62-18-14-16-20-66(62)69/h13-38H,1-12H3. The van der Waals surface area contributed by atoms with Gasteiger partial charge in [0.15, 0.2) is 0 Å². The average molecular weight is 919 g/mol. The van der Waals surface area contributed by atoms with E-state index in [1.807, 2.05) is 0 Å². The van der Waals surface area contributed by atoms with Gasteiger partial charge in [-0.3, -0.25) is 0 Å². The van der Waals surface area contributed by atoms with E-state index in [-0.39, 0.29) is 0 Å². The molecule has 10 aromatic carbocycles. The van der Waals surface area contributed by atoms with Crippen LogP contribution in [0.2, 0.25) is 0 Å². The highest BCUT2D eigenvalue weighted by Gasteiger charge is 2.52. The van der Waals surface area contributed by atoms with Gasteiger partial charge in [0.25, 0.3) is 0 Å². The molecule has 0 atom stereocenters. The SMILES string of the molecule is Cc1cc(N(c2cc(C)c(C)c(C)c2)c2ccc3cc4c(cc3c2)C2(c3ccccc3-c3ccccc32)c2c-4ccc3cc(N(c4cc(C)c(C)c(C)c4)c4cc(C)c(C)c(C)c4)ccc23)cc(C)c1C. The van der Waals surface area contributed by atoms with Crippen molar-refractivity contribution in [1.82, 2.24) is 0 Å². The lowest BCUT2D eigenvalue weighted by atomic mass is 9.69. The minimum absolute atomic E-state index is 0.533. The quantitative estimate of drug-likeness (QED) is 0.164. The molecule has 2 aliphatic rings. The summed E-state index contributed by atoms with van der Waals surface area (Å²) in [6.07, 6.45) is 0. The van der Waals surface area contributed by atoms with E-state index in [9.17, 15) is 0 Å². The van der Waals surface area contributed by atoms with Crippen LogP contribution in [0.25, 0.3) is 43.8 Å². The van der Waals surface area contributed by atoms with E-state index < -0.39 is 5.41 Å². The molecule has 0 heterocycles. The lowest BCUT2D eigenvalue weighted by molar-refractivity contribution is 0.802. The van der Waals surface area contributed by atoms with Gasteiger partial charge in [-0.1, -0.05) is 72.8 Å². The van der Waals surface area contributed by atoms with Gasteiger partial charge in [-0.05, 0) is 301 Å². The molecule has 0 saturated carbocycles. The molecule has 0 radical (unpaired) electrons. The molecule has 0 saturated heterocycles. The van der Waals surface area contributed by atoms with Crippen LogP contribution < -0.4 is 9.80 Å². The van der Waals surface area contributed by atoms with Gasteiger partial charge in [0.2, 0.25) is 0 Å². The minimum atomic E-state index is -0.533. The number of anilines is 6. The van der Waals surface area contributed by atoms with Crippen molar-refractivity contribution in [2.75, 3.05) is 9.80 Å². The third-order valence-electron chi connectivity index (χ3n) is 17.2. The van der Waals surface area contributed by atoms with Gasteiger partial charge in [0.05, 0.1) is 5.41 Å². The minimum Gasteiger partial charge on any atom is -0.310 e. The van der Waals surface area contributed by atoms with Crippen molar-refractivity contribution in [1.29, 1.82) is 0 Å². The molecule has 1 spiro atoms. The normalized spacial score (nSPS) is 12.9. The van der Waals surface area contributed by atoms with Crippen LogP contribution in [0.4, 0.5) is 34.1 Å². The first-order chi connectivity index (χ1) is 34.1. The van der Waals surface area contributed by atoms with Gasteiger partial charge in [0, 0.05) is 34.1 Å². The molecule has 0 N–H and O–H groups in total. The summed E-state index contributed by atoms with van der Waals surface area (Å²) in [4.78, 5) is 4.95. The van der Waals surface area contributed by atoms with Gasteiger partial charge >= 0.3 is 0 Å². The molecule has 0 aliphatic heterocycles. The topological polar surface area (TPSA) is 6.48 Å². The van der Waals surface area contributed by atoms with Crippen LogP contribution in [0.15, 0.2) is 158 Å². The molecule has 0 fully saturated rings. The highest BCUT2D eigenvalue weighted by atomic mass is 15.1. The summed E-state index contributed by atoms with van der Waals surface area (Å²) in [5.41, 5.74) is 32.9. The summed E-state index contributed by atoms with van der Waals surface area (Å²) in [6, 6.07) is 61.5. The molecule has 2 nitrogen and oxygen atoms in total. The van der Waals surface area contributed by atoms with E-state index >= 15 is 0 Å². The summed E-state index contributed by atoms with van der Waals surface area (Å²) in [7, 11) is 0. The number of nitrogens with zero attached hydrogens (tertiary/aromatic N) is 2. The van der Waals surface area contributed by atoms with Gasteiger partial charge in [-0.2, -0.15) is 0 Å². The van der Waals surface area contributed by atoms with E-state index in [0.717, 1.165) is 11.4 Å². The number of hydrogen-bond donors (Lipinski definition) is 0. The Balaban J connectivity index is 1.11. The molecule has 0 unspecified atom stereocenters. The fraction of sp³-hybridized carbons (Fsp3) is 0.188. The molecule has 2 aliphatic carbocycles. The van der Waals surface area contributed by atoms with Crippen molar-refractivity contribution in [3.63, 3.8) is 0 Å². The average Bonchev–Trinajstić information content (AvgIpc) is 3.81. The van der Waals surface area contributed by atoms with Gasteiger partial charge in [-0.15, -0.1) is 0 Å². The first kappa shape index (κ1) is 44.5. The number of rotatable bonds is 6. The zero-order valence-corrected chi connectivity index (χ0v) is 43.4. The van der Waals surface area contributed by atoms with E-state index in [1.165, 1.54) is 156 Å². The Hall–Kier alpha value is -7.68. The molecule has 0 aromatic heterocycles. The molecule has 0 amide bonds. The van der Waals surface area contributed by atoms with Crippen LogP contribution in [0.5, 0.6) is 0 Å². The van der Waals surface area contributed by atoms with Crippen molar-refractivity contribution in [2.45, 2.75) is 88.5 Å². The van der Waals surface area contributed by atoms with Crippen molar-refractivity contribution < 1.29 is 0 Å². The highest BCUT2D eigenvalue weighted by Crippen LogP contribution is 2.65. The second-order valence-corrected chi connectivity index (χ2v) is 21.2. The number of hydrogen-bond acceptors (Lipinski definition) is 2. The van der Waals surface area contributed by atoms with Crippen LogP contribution in [0.3, 0.4) is 0 Å². The van der Waals surface area contributed by atoms with E-state index in [0.29, 0.717) is 0 Å². The summed E-state index contributed by atoms with van der Waals surface area (Å²) in [5.74, 6) is 0. The molecule has 0 bridgehead atoms. The zero-order valence-electron chi connectivity index (χ0n) is 43.4. The lowest BCUT2D eigenvalue weighted by Crippen LogP contribution is -2.26. The van der Waals surface area contributed by atoms with Crippen molar-refractivity contribution in [3.8, 4) is 22.3 Å².